The number of esters is 1. The second-order valence-corrected chi connectivity index (χ2v) is 5.76. The first-order valence-corrected chi connectivity index (χ1v) is 7.32. The molecule has 0 fully saturated rings. The summed E-state index contributed by atoms with van der Waals surface area (Å²) in [6, 6.07) is -0.627. The molecule has 22 heavy (non-hydrogen) atoms. The van der Waals surface area contributed by atoms with E-state index >= 15 is 0 Å². The highest BCUT2D eigenvalue weighted by molar-refractivity contribution is 5.94. The van der Waals surface area contributed by atoms with Crippen LogP contribution in [0.3, 0.4) is 0 Å². The zero-order valence-corrected chi connectivity index (χ0v) is 14.1. The number of nitrogens with zero attached hydrogens (tertiary/aromatic N) is 2. The van der Waals surface area contributed by atoms with Crippen LogP contribution in [-0.2, 0) is 21.4 Å². The molecule has 0 aliphatic carbocycles. The molecule has 0 bridgehead atoms. The van der Waals surface area contributed by atoms with Crippen LogP contribution >= 0.6 is 0 Å². The quantitative estimate of drug-likeness (QED) is 0.642. The molecule has 0 aromatic carbocycles. The minimum absolute atomic E-state index is 0.274. The van der Waals surface area contributed by atoms with Crippen molar-refractivity contribution in [3.05, 3.63) is 23.0 Å². The van der Waals surface area contributed by atoms with Crippen LogP contribution in [0.4, 0.5) is 0 Å². The Balaban J connectivity index is 2.78. The molecule has 0 spiro atoms. The van der Waals surface area contributed by atoms with Gasteiger partial charge in [-0.05, 0) is 32.3 Å². The maximum Gasteiger partial charge on any atom is 0.328 e. The highest BCUT2D eigenvalue weighted by Crippen LogP contribution is 2.13. The van der Waals surface area contributed by atoms with E-state index in [-0.39, 0.29) is 11.8 Å². The van der Waals surface area contributed by atoms with Gasteiger partial charge in [0.25, 0.3) is 0 Å². The molecule has 0 saturated carbocycles. The predicted molar refractivity (Wildman–Crippen MR) is 85.1 cm³/mol. The van der Waals surface area contributed by atoms with Gasteiger partial charge in [0.1, 0.15) is 6.04 Å². The summed E-state index contributed by atoms with van der Waals surface area (Å²) in [5.41, 5.74) is 2.75. The van der Waals surface area contributed by atoms with Crippen molar-refractivity contribution < 1.29 is 14.3 Å². The molecule has 0 unspecified atom stereocenters. The van der Waals surface area contributed by atoms with E-state index in [2.05, 4.69) is 10.4 Å². The Kier molecular flexibility index (Phi) is 6.34. The van der Waals surface area contributed by atoms with Gasteiger partial charge in [0.05, 0.1) is 12.8 Å². The third-order valence-electron chi connectivity index (χ3n) is 3.48. The predicted octanol–water partition coefficient (Wildman–Crippen LogP) is 1.75. The third-order valence-corrected chi connectivity index (χ3v) is 3.48. The Morgan fingerprint density at radius 2 is 2.00 bits per heavy atom. The third kappa shape index (κ3) is 4.72. The molecule has 1 aromatic rings. The topological polar surface area (TPSA) is 73.2 Å². The molecule has 0 radical (unpaired) electrons. The van der Waals surface area contributed by atoms with Gasteiger partial charge < -0.3 is 10.1 Å². The number of hydrogen-bond acceptors (Lipinski definition) is 4. The molecule has 1 heterocycles. The number of methoxy groups -OCH3 is 1. The first kappa shape index (κ1) is 17.9. The number of rotatable bonds is 6. The van der Waals surface area contributed by atoms with Crippen molar-refractivity contribution in [2.75, 3.05) is 7.11 Å². The van der Waals surface area contributed by atoms with E-state index in [9.17, 15) is 9.59 Å². The normalized spacial score (nSPS) is 12.7. The van der Waals surface area contributed by atoms with Crippen molar-refractivity contribution in [3.8, 4) is 0 Å². The molecule has 122 valence electrons. The van der Waals surface area contributed by atoms with Crippen LogP contribution in [-0.4, -0.2) is 34.8 Å². The van der Waals surface area contributed by atoms with E-state index < -0.39 is 12.0 Å². The van der Waals surface area contributed by atoms with Crippen molar-refractivity contribution in [3.63, 3.8) is 0 Å². The maximum atomic E-state index is 12.0. The summed E-state index contributed by atoms with van der Waals surface area (Å²) in [4.78, 5) is 23.7. The number of amides is 1. The number of aryl methyl sites for hydroxylation is 2. The zero-order valence-electron chi connectivity index (χ0n) is 14.1. The zero-order chi connectivity index (χ0) is 16.9. The Morgan fingerprint density at radius 3 is 2.45 bits per heavy atom. The van der Waals surface area contributed by atoms with E-state index in [0.29, 0.717) is 6.42 Å². The van der Waals surface area contributed by atoms with Crippen LogP contribution in [0, 0.1) is 19.8 Å². The van der Waals surface area contributed by atoms with Crippen molar-refractivity contribution in [1.82, 2.24) is 15.1 Å². The SMILES string of the molecule is COC(=O)[C@H](CC(C)C)NC(=O)/C=C\c1c(C)nn(C)c1C. The first-order chi connectivity index (χ1) is 10.3. The first-order valence-electron chi connectivity index (χ1n) is 7.32. The number of ether oxygens (including phenoxy) is 1. The highest BCUT2D eigenvalue weighted by atomic mass is 16.5. The second kappa shape index (κ2) is 7.77. The lowest BCUT2D eigenvalue weighted by Gasteiger charge is -2.17. The number of carbonyl (C=O) groups is 2. The maximum absolute atomic E-state index is 12.0. The van der Waals surface area contributed by atoms with Gasteiger partial charge in [-0.3, -0.25) is 9.48 Å². The lowest BCUT2D eigenvalue weighted by atomic mass is 10.0. The van der Waals surface area contributed by atoms with Crippen LogP contribution in [0.25, 0.3) is 6.08 Å². The molecule has 1 amide bonds. The summed E-state index contributed by atoms with van der Waals surface area (Å²) < 4.78 is 6.49. The second-order valence-electron chi connectivity index (χ2n) is 5.76. The van der Waals surface area contributed by atoms with Gasteiger partial charge in [-0.2, -0.15) is 5.10 Å². The average Bonchev–Trinajstić information content (AvgIpc) is 2.68. The molecular weight excluding hydrogens is 282 g/mol. The van der Waals surface area contributed by atoms with Gasteiger partial charge >= 0.3 is 5.97 Å². The fourth-order valence-electron chi connectivity index (χ4n) is 2.24. The Labute approximate surface area is 131 Å². The molecule has 0 aliphatic heterocycles. The fraction of sp³-hybridized carbons (Fsp3) is 0.562. The molecule has 1 rings (SSSR count). The minimum atomic E-state index is -0.627. The number of carbonyl (C=O) groups excluding carboxylic acids is 2. The number of nitrogens with one attached hydrogen (secondary N) is 1. The summed E-state index contributed by atoms with van der Waals surface area (Å²) >= 11 is 0. The van der Waals surface area contributed by atoms with Gasteiger partial charge in [0.15, 0.2) is 0 Å². The molecular formula is C16H25N3O3. The van der Waals surface area contributed by atoms with E-state index in [1.807, 2.05) is 34.7 Å². The molecule has 1 atom stereocenters. The molecule has 6 nitrogen and oxygen atoms in total. The largest absolute Gasteiger partial charge is 0.467 e. The van der Waals surface area contributed by atoms with Gasteiger partial charge in [-0.15, -0.1) is 0 Å². The molecule has 1 N–H and O–H groups in total. The highest BCUT2D eigenvalue weighted by Gasteiger charge is 2.21. The standard InChI is InChI=1S/C16H25N3O3/c1-10(2)9-14(16(21)22-6)17-15(20)8-7-13-11(3)18-19(5)12(13)4/h7-8,10,14H,9H2,1-6H3,(H,17,20)/b8-7-/t14-/m0/s1. The molecule has 6 heteroatoms. The summed E-state index contributed by atoms with van der Waals surface area (Å²) in [5.74, 6) is -0.473. The Bertz CT molecular complexity index is 573. The summed E-state index contributed by atoms with van der Waals surface area (Å²) in [6.07, 6.45) is 3.68. The molecule has 0 saturated heterocycles. The smallest absolute Gasteiger partial charge is 0.328 e. The number of hydrogen-bond donors (Lipinski definition) is 1. The van der Waals surface area contributed by atoms with E-state index in [1.165, 1.54) is 13.2 Å². The van der Waals surface area contributed by atoms with Crippen molar-refractivity contribution in [1.29, 1.82) is 0 Å². The van der Waals surface area contributed by atoms with Crippen LogP contribution < -0.4 is 5.32 Å². The van der Waals surface area contributed by atoms with E-state index in [0.717, 1.165) is 17.0 Å². The van der Waals surface area contributed by atoms with E-state index in [4.69, 9.17) is 4.74 Å². The Morgan fingerprint density at radius 1 is 1.36 bits per heavy atom. The molecule has 1 aromatic heterocycles. The van der Waals surface area contributed by atoms with Gasteiger partial charge in [-0.1, -0.05) is 13.8 Å². The van der Waals surface area contributed by atoms with Crippen molar-refractivity contribution >= 4 is 18.0 Å². The van der Waals surface area contributed by atoms with Crippen LogP contribution in [0.5, 0.6) is 0 Å². The lowest BCUT2D eigenvalue weighted by Crippen LogP contribution is -2.41. The summed E-state index contributed by atoms with van der Waals surface area (Å²) in [7, 11) is 3.18. The number of aromatic nitrogens is 2. The Hall–Kier alpha value is -2.11. The van der Waals surface area contributed by atoms with Crippen molar-refractivity contribution in [2.24, 2.45) is 13.0 Å². The summed E-state index contributed by atoms with van der Waals surface area (Å²) in [6.45, 7) is 7.80. The minimum Gasteiger partial charge on any atom is -0.467 e. The monoisotopic (exact) mass is 307 g/mol. The van der Waals surface area contributed by atoms with E-state index in [1.54, 1.807) is 10.8 Å². The molecule has 0 aliphatic rings. The fourth-order valence-corrected chi connectivity index (χ4v) is 2.24. The van der Waals surface area contributed by atoms with Crippen molar-refractivity contribution in [2.45, 2.75) is 40.2 Å². The van der Waals surface area contributed by atoms with Crippen LogP contribution in [0.1, 0.15) is 37.2 Å². The van der Waals surface area contributed by atoms with Gasteiger partial charge in [-0.25, -0.2) is 4.79 Å². The van der Waals surface area contributed by atoms with Crippen LogP contribution in [0.2, 0.25) is 0 Å². The van der Waals surface area contributed by atoms with Gasteiger partial charge in [0.2, 0.25) is 5.91 Å². The summed E-state index contributed by atoms with van der Waals surface area (Å²) in [5, 5.41) is 6.98. The van der Waals surface area contributed by atoms with Crippen LogP contribution in [0.15, 0.2) is 6.08 Å². The average molecular weight is 307 g/mol. The lowest BCUT2D eigenvalue weighted by molar-refractivity contribution is -0.145. The van der Waals surface area contributed by atoms with Gasteiger partial charge in [0, 0.05) is 24.4 Å².